The van der Waals surface area contributed by atoms with Crippen molar-refractivity contribution >= 4 is 6.29 Å². The van der Waals surface area contributed by atoms with Gasteiger partial charge in [0.1, 0.15) is 12.0 Å². The molecule has 0 fully saturated rings. The van der Waals surface area contributed by atoms with Gasteiger partial charge < -0.3 is 9.53 Å². The molecule has 0 saturated carbocycles. The van der Waals surface area contributed by atoms with E-state index in [1.165, 1.54) is 5.56 Å². The fourth-order valence-electron chi connectivity index (χ4n) is 2.00. The topological polar surface area (TPSA) is 26.3 Å². The number of aldehydes is 1. The summed E-state index contributed by atoms with van der Waals surface area (Å²) in [7, 11) is 1.67. The number of methoxy groups -OCH3 is 1. The van der Waals surface area contributed by atoms with Crippen LogP contribution in [0.1, 0.15) is 38.8 Å². The molecule has 0 aliphatic rings. The number of carbonyl (C=O) groups is 1. The second kappa shape index (κ2) is 5.35. The third-order valence-corrected chi connectivity index (χ3v) is 2.92. The van der Waals surface area contributed by atoms with Crippen molar-refractivity contribution in [2.24, 2.45) is 5.92 Å². The zero-order valence-corrected chi connectivity index (χ0v) is 11.4. The van der Waals surface area contributed by atoms with E-state index in [-0.39, 0.29) is 0 Å². The standard InChI is InChI=1S/C15H22O2/c1-11(2)9-12-7-6-8-13(14(12)17-5)15(3,4)10-16/h6-8,10-11H,9H2,1-5H3. The predicted octanol–water partition coefficient (Wildman–Crippen LogP) is 3.37. The zero-order valence-electron chi connectivity index (χ0n) is 11.4. The SMILES string of the molecule is COc1c(CC(C)C)cccc1C(C)(C)C=O. The molecule has 0 amide bonds. The average Bonchev–Trinajstić information content (AvgIpc) is 2.28. The van der Waals surface area contributed by atoms with Crippen molar-refractivity contribution in [2.45, 2.75) is 39.5 Å². The second-order valence-corrected chi connectivity index (χ2v) is 5.44. The third kappa shape index (κ3) is 3.09. The van der Waals surface area contributed by atoms with Crippen LogP contribution in [-0.2, 0) is 16.6 Å². The summed E-state index contributed by atoms with van der Waals surface area (Å²) in [5.74, 6) is 1.43. The van der Waals surface area contributed by atoms with Gasteiger partial charge in [-0.05, 0) is 31.7 Å². The van der Waals surface area contributed by atoms with E-state index in [0.29, 0.717) is 5.92 Å². The summed E-state index contributed by atoms with van der Waals surface area (Å²) in [6.45, 7) is 8.18. The molecule has 2 heteroatoms. The molecule has 2 nitrogen and oxygen atoms in total. The Morgan fingerprint density at radius 2 is 2.00 bits per heavy atom. The Hall–Kier alpha value is -1.31. The van der Waals surface area contributed by atoms with E-state index in [4.69, 9.17) is 4.74 Å². The van der Waals surface area contributed by atoms with Gasteiger partial charge in [-0.25, -0.2) is 0 Å². The van der Waals surface area contributed by atoms with Crippen LogP contribution in [0, 0.1) is 5.92 Å². The first-order valence-corrected chi connectivity index (χ1v) is 6.05. The van der Waals surface area contributed by atoms with Crippen LogP contribution in [0.2, 0.25) is 0 Å². The van der Waals surface area contributed by atoms with Gasteiger partial charge in [-0.1, -0.05) is 32.0 Å². The highest BCUT2D eigenvalue weighted by atomic mass is 16.5. The first-order chi connectivity index (χ1) is 7.92. The minimum absolute atomic E-state index is 0.502. The Bertz CT molecular complexity index is 392. The van der Waals surface area contributed by atoms with Crippen molar-refractivity contribution < 1.29 is 9.53 Å². The third-order valence-electron chi connectivity index (χ3n) is 2.92. The fraction of sp³-hybridized carbons (Fsp3) is 0.533. The van der Waals surface area contributed by atoms with Gasteiger partial charge in [0.15, 0.2) is 0 Å². The van der Waals surface area contributed by atoms with Crippen LogP contribution in [0.15, 0.2) is 18.2 Å². The molecule has 17 heavy (non-hydrogen) atoms. The van der Waals surface area contributed by atoms with Crippen molar-refractivity contribution in [3.63, 3.8) is 0 Å². The summed E-state index contributed by atoms with van der Waals surface area (Å²) < 4.78 is 5.51. The first-order valence-electron chi connectivity index (χ1n) is 6.05. The Balaban J connectivity index is 3.28. The maximum absolute atomic E-state index is 11.2. The molecule has 0 unspecified atom stereocenters. The molecule has 0 heterocycles. The fourth-order valence-corrected chi connectivity index (χ4v) is 2.00. The Labute approximate surface area is 104 Å². The van der Waals surface area contributed by atoms with E-state index in [9.17, 15) is 4.79 Å². The van der Waals surface area contributed by atoms with Gasteiger partial charge in [0.25, 0.3) is 0 Å². The minimum atomic E-state index is -0.502. The number of carbonyl (C=O) groups excluding carboxylic acids is 1. The molecular weight excluding hydrogens is 212 g/mol. The molecule has 0 aliphatic carbocycles. The van der Waals surface area contributed by atoms with Gasteiger partial charge in [-0.3, -0.25) is 0 Å². The average molecular weight is 234 g/mol. The zero-order chi connectivity index (χ0) is 13.1. The normalized spacial score (nSPS) is 11.6. The van der Waals surface area contributed by atoms with Gasteiger partial charge in [-0.15, -0.1) is 0 Å². The lowest BCUT2D eigenvalue weighted by Gasteiger charge is -2.23. The van der Waals surface area contributed by atoms with Gasteiger partial charge in [0.05, 0.1) is 7.11 Å². The lowest BCUT2D eigenvalue weighted by atomic mass is 9.83. The Kier molecular flexibility index (Phi) is 4.33. The summed E-state index contributed by atoms with van der Waals surface area (Å²) in [4.78, 5) is 11.2. The molecule has 0 aliphatic heterocycles. The lowest BCUT2D eigenvalue weighted by molar-refractivity contribution is -0.111. The molecule has 0 spiro atoms. The van der Waals surface area contributed by atoms with Crippen LogP contribution in [0.4, 0.5) is 0 Å². The molecule has 1 aromatic rings. The van der Waals surface area contributed by atoms with Crippen LogP contribution < -0.4 is 4.74 Å². The van der Waals surface area contributed by atoms with Crippen molar-refractivity contribution in [3.8, 4) is 5.75 Å². The molecule has 0 N–H and O–H groups in total. The smallest absolute Gasteiger partial charge is 0.130 e. The van der Waals surface area contributed by atoms with Crippen molar-refractivity contribution in [1.82, 2.24) is 0 Å². The van der Waals surface area contributed by atoms with Crippen molar-refractivity contribution in [3.05, 3.63) is 29.3 Å². The Morgan fingerprint density at radius 1 is 1.35 bits per heavy atom. The maximum Gasteiger partial charge on any atom is 0.130 e. The van der Waals surface area contributed by atoms with E-state index >= 15 is 0 Å². The number of benzene rings is 1. The van der Waals surface area contributed by atoms with E-state index in [0.717, 1.165) is 24.0 Å². The maximum atomic E-state index is 11.2. The largest absolute Gasteiger partial charge is 0.496 e. The monoisotopic (exact) mass is 234 g/mol. The van der Waals surface area contributed by atoms with Crippen LogP contribution in [0.25, 0.3) is 0 Å². The number of ether oxygens (including phenoxy) is 1. The van der Waals surface area contributed by atoms with Crippen LogP contribution >= 0.6 is 0 Å². The first kappa shape index (κ1) is 13.8. The van der Waals surface area contributed by atoms with Crippen LogP contribution in [-0.4, -0.2) is 13.4 Å². The van der Waals surface area contributed by atoms with Gasteiger partial charge in [0.2, 0.25) is 0 Å². The summed E-state index contributed by atoms with van der Waals surface area (Å²) in [5.41, 5.74) is 1.64. The number of para-hydroxylation sites is 1. The summed E-state index contributed by atoms with van der Waals surface area (Å²) >= 11 is 0. The van der Waals surface area contributed by atoms with Gasteiger partial charge >= 0.3 is 0 Å². The summed E-state index contributed by atoms with van der Waals surface area (Å²) in [6, 6.07) is 6.04. The number of hydrogen-bond donors (Lipinski definition) is 0. The molecule has 0 bridgehead atoms. The van der Waals surface area contributed by atoms with Crippen molar-refractivity contribution in [1.29, 1.82) is 0 Å². The molecule has 1 aromatic carbocycles. The van der Waals surface area contributed by atoms with E-state index in [1.807, 2.05) is 26.0 Å². The molecular formula is C15H22O2. The predicted molar refractivity (Wildman–Crippen MR) is 70.6 cm³/mol. The van der Waals surface area contributed by atoms with Gasteiger partial charge in [-0.2, -0.15) is 0 Å². The van der Waals surface area contributed by atoms with Crippen LogP contribution in [0.3, 0.4) is 0 Å². The van der Waals surface area contributed by atoms with Gasteiger partial charge in [0, 0.05) is 11.0 Å². The highest BCUT2D eigenvalue weighted by Crippen LogP contribution is 2.34. The van der Waals surface area contributed by atoms with Crippen molar-refractivity contribution in [2.75, 3.05) is 7.11 Å². The highest BCUT2D eigenvalue weighted by Gasteiger charge is 2.25. The molecule has 0 saturated heterocycles. The molecule has 94 valence electrons. The van der Waals surface area contributed by atoms with E-state index in [2.05, 4.69) is 19.9 Å². The summed E-state index contributed by atoms with van der Waals surface area (Å²) in [6.07, 6.45) is 1.94. The van der Waals surface area contributed by atoms with E-state index < -0.39 is 5.41 Å². The highest BCUT2D eigenvalue weighted by molar-refractivity contribution is 5.70. The number of hydrogen-bond acceptors (Lipinski definition) is 2. The molecule has 0 atom stereocenters. The lowest BCUT2D eigenvalue weighted by Crippen LogP contribution is -2.20. The quantitative estimate of drug-likeness (QED) is 0.730. The molecule has 0 radical (unpaired) electrons. The van der Waals surface area contributed by atoms with Crippen LogP contribution in [0.5, 0.6) is 5.75 Å². The molecule has 1 rings (SSSR count). The number of rotatable bonds is 5. The minimum Gasteiger partial charge on any atom is -0.496 e. The summed E-state index contributed by atoms with van der Waals surface area (Å²) in [5, 5.41) is 0. The molecule has 0 aromatic heterocycles. The second-order valence-electron chi connectivity index (χ2n) is 5.44. The Morgan fingerprint density at radius 3 is 2.47 bits per heavy atom. The van der Waals surface area contributed by atoms with E-state index in [1.54, 1.807) is 7.11 Å².